The Kier molecular flexibility index (Phi) is 4.75. The predicted molar refractivity (Wildman–Crippen MR) is 82.7 cm³/mol. The highest BCUT2D eigenvalue weighted by atomic mass is 16.5. The number of hydrogen-bond acceptors (Lipinski definition) is 6. The van der Waals surface area contributed by atoms with Gasteiger partial charge in [-0.3, -0.25) is 4.79 Å². The molecule has 0 amide bonds. The van der Waals surface area contributed by atoms with Crippen LogP contribution in [0.15, 0.2) is 10.9 Å². The first kappa shape index (κ1) is 15.5. The number of aromatic nitrogens is 2. The standard InChI is InChI=1S/C15H24N4O3/c16-12-9-14(20)19-13(18-12)1-5-17-11-2-6-22-15(10-11)3-7-21-8-4-15/h9,11,17H,1-8,10H2,(H3,16,18,19,20)/t11-/m0/s1. The summed E-state index contributed by atoms with van der Waals surface area (Å²) in [4.78, 5) is 18.2. The van der Waals surface area contributed by atoms with E-state index >= 15 is 0 Å². The summed E-state index contributed by atoms with van der Waals surface area (Å²) in [5, 5.41) is 3.56. The fourth-order valence-electron chi connectivity index (χ4n) is 3.34. The van der Waals surface area contributed by atoms with Gasteiger partial charge in [-0.2, -0.15) is 0 Å². The van der Waals surface area contributed by atoms with E-state index in [0.717, 1.165) is 52.0 Å². The minimum atomic E-state index is -0.199. The van der Waals surface area contributed by atoms with Crippen molar-refractivity contribution in [1.82, 2.24) is 15.3 Å². The molecule has 0 aliphatic carbocycles. The highest BCUT2D eigenvalue weighted by Crippen LogP contribution is 2.34. The van der Waals surface area contributed by atoms with Crippen LogP contribution in [-0.4, -0.2) is 48.0 Å². The number of nitrogens with two attached hydrogens (primary N) is 1. The topological polar surface area (TPSA) is 102 Å². The number of nitrogen functional groups attached to an aromatic ring is 1. The van der Waals surface area contributed by atoms with Gasteiger partial charge in [0.25, 0.3) is 5.56 Å². The maximum atomic E-state index is 11.4. The Balaban J connectivity index is 1.49. The van der Waals surface area contributed by atoms with Gasteiger partial charge in [0, 0.05) is 44.9 Å². The molecule has 0 unspecified atom stereocenters. The SMILES string of the molecule is Nc1cc(=O)[nH]c(CCN[C@H]2CCOC3(CCOCC3)C2)n1. The molecule has 4 N–H and O–H groups in total. The molecular formula is C15H24N4O3. The third-order valence-corrected chi connectivity index (χ3v) is 4.50. The Labute approximate surface area is 129 Å². The summed E-state index contributed by atoms with van der Waals surface area (Å²) >= 11 is 0. The summed E-state index contributed by atoms with van der Waals surface area (Å²) in [6, 6.07) is 1.74. The minimum absolute atomic E-state index is 0.00208. The van der Waals surface area contributed by atoms with E-state index in [2.05, 4.69) is 15.3 Å². The summed E-state index contributed by atoms with van der Waals surface area (Å²) in [5.41, 5.74) is 5.39. The Morgan fingerprint density at radius 2 is 2.23 bits per heavy atom. The normalized spacial score (nSPS) is 24.5. The lowest BCUT2D eigenvalue weighted by atomic mass is 9.84. The summed E-state index contributed by atoms with van der Waals surface area (Å²) in [6.07, 6.45) is 4.67. The molecule has 122 valence electrons. The second kappa shape index (κ2) is 6.76. The van der Waals surface area contributed by atoms with Crippen molar-refractivity contribution < 1.29 is 9.47 Å². The summed E-state index contributed by atoms with van der Waals surface area (Å²) in [7, 11) is 0. The molecule has 1 aromatic heterocycles. The Bertz CT molecular complexity index is 548. The van der Waals surface area contributed by atoms with E-state index < -0.39 is 0 Å². The monoisotopic (exact) mass is 308 g/mol. The van der Waals surface area contributed by atoms with Crippen LogP contribution in [0.1, 0.15) is 31.5 Å². The molecule has 7 heteroatoms. The largest absolute Gasteiger partial charge is 0.383 e. The van der Waals surface area contributed by atoms with Crippen molar-refractivity contribution in [3.63, 3.8) is 0 Å². The number of anilines is 1. The fourth-order valence-corrected chi connectivity index (χ4v) is 3.34. The van der Waals surface area contributed by atoms with E-state index in [1.54, 1.807) is 0 Å². The van der Waals surface area contributed by atoms with Gasteiger partial charge in [0.2, 0.25) is 0 Å². The van der Waals surface area contributed by atoms with E-state index in [-0.39, 0.29) is 17.0 Å². The van der Waals surface area contributed by atoms with E-state index in [9.17, 15) is 4.79 Å². The van der Waals surface area contributed by atoms with Crippen LogP contribution in [0.2, 0.25) is 0 Å². The average molecular weight is 308 g/mol. The molecular weight excluding hydrogens is 284 g/mol. The lowest BCUT2D eigenvalue weighted by Crippen LogP contribution is -2.50. The zero-order chi connectivity index (χ0) is 15.4. The fraction of sp³-hybridized carbons (Fsp3) is 0.733. The quantitative estimate of drug-likeness (QED) is 0.735. The number of aromatic amines is 1. The molecule has 1 atom stereocenters. The maximum absolute atomic E-state index is 11.4. The van der Waals surface area contributed by atoms with Gasteiger partial charge in [-0.15, -0.1) is 0 Å². The molecule has 2 saturated heterocycles. The van der Waals surface area contributed by atoms with Crippen LogP contribution in [0.3, 0.4) is 0 Å². The van der Waals surface area contributed by atoms with Gasteiger partial charge >= 0.3 is 0 Å². The van der Waals surface area contributed by atoms with Crippen molar-refractivity contribution in [3.8, 4) is 0 Å². The summed E-state index contributed by atoms with van der Waals surface area (Å²) < 4.78 is 11.5. The van der Waals surface area contributed by atoms with Crippen molar-refractivity contribution in [2.45, 2.75) is 43.7 Å². The van der Waals surface area contributed by atoms with E-state index in [0.29, 0.717) is 18.3 Å². The molecule has 7 nitrogen and oxygen atoms in total. The first-order valence-corrected chi connectivity index (χ1v) is 7.96. The molecule has 3 heterocycles. The van der Waals surface area contributed by atoms with Crippen molar-refractivity contribution in [2.75, 3.05) is 32.1 Å². The lowest BCUT2D eigenvalue weighted by Gasteiger charge is -2.43. The van der Waals surface area contributed by atoms with Gasteiger partial charge in [-0.05, 0) is 25.7 Å². The molecule has 1 spiro atoms. The van der Waals surface area contributed by atoms with Crippen molar-refractivity contribution in [1.29, 1.82) is 0 Å². The van der Waals surface area contributed by atoms with Crippen molar-refractivity contribution >= 4 is 5.82 Å². The van der Waals surface area contributed by atoms with Crippen LogP contribution in [-0.2, 0) is 15.9 Å². The van der Waals surface area contributed by atoms with Crippen LogP contribution in [0.25, 0.3) is 0 Å². The molecule has 1 aromatic rings. The Morgan fingerprint density at radius 3 is 3.00 bits per heavy atom. The maximum Gasteiger partial charge on any atom is 0.252 e. The molecule has 3 rings (SSSR count). The van der Waals surface area contributed by atoms with Crippen molar-refractivity contribution in [2.24, 2.45) is 0 Å². The number of hydrogen-bond donors (Lipinski definition) is 3. The van der Waals surface area contributed by atoms with E-state index in [1.165, 1.54) is 6.07 Å². The number of nitrogens with zero attached hydrogens (tertiary/aromatic N) is 1. The minimum Gasteiger partial charge on any atom is -0.383 e. The first-order chi connectivity index (χ1) is 10.7. The molecule has 0 radical (unpaired) electrons. The molecule has 0 saturated carbocycles. The lowest BCUT2D eigenvalue weighted by molar-refractivity contribution is -0.140. The van der Waals surface area contributed by atoms with Gasteiger partial charge in [-0.1, -0.05) is 0 Å². The molecule has 22 heavy (non-hydrogen) atoms. The second-order valence-corrected chi connectivity index (χ2v) is 6.15. The number of rotatable bonds is 4. The third kappa shape index (κ3) is 3.85. The number of nitrogens with one attached hydrogen (secondary N) is 2. The van der Waals surface area contributed by atoms with E-state index in [1.807, 2.05) is 0 Å². The van der Waals surface area contributed by atoms with Crippen LogP contribution >= 0.6 is 0 Å². The highest BCUT2D eigenvalue weighted by molar-refractivity contribution is 5.25. The van der Waals surface area contributed by atoms with Gasteiger partial charge in [0.1, 0.15) is 11.6 Å². The highest BCUT2D eigenvalue weighted by Gasteiger charge is 2.38. The molecule has 2 fully saturated rings. The Hall–Kier alpha value is -1.44. The smallest absolute Gasteiger partial charge is 0.252 e. The molecule has 2 aliphatic rings. The number of H-pyrrole nitrogens is 1. The Morgan fingerprint density at radius 1 is 1.41 bits per heavy atom. The summed E-state index contributed by atoms with van der Waals surface area (Å²) in [5.74, 6) is 0.899. The third-order valence-electron chi connectivity index (χ3n) is 4.50. The van der Waals surface area contributed by atoms with Crippen LogP contribution in [0.5, 0.6) is 0 Å². The zero-order valence-corrected chi connectivity index (χ0v) is 12.8. The van der Waals surface area contributed by atoms with Gasteiger partial charge in [-0.25, -0.2) is 4.98 Å². The van der Waals surface area contributed by atoms with Crippen molar-refractivity contribution in [3.05, 3.63) is 22.2 Å². The molecule has 0 bridgehead atoms. The van der Waals surface area contributed by atoms with Gasteiger partial charge < -0.3 is 25.5 Å². The van der Waals surface area contributed by atoms with Crippen LogP contribution < -0.4 is 16.6 Å². The first-order valence-electron chi connectivity index (χ1n) is 7.96. The van der Waals surface area contributed by atoms with Gasteiger partial charge in [0.15, 0.2) is 0 Å². The van der Waals surface area contributed by atoms with E-state index in [4.69, 9.17) is 15.2 Å². The van der Waals surface area contributed by atoms with Crippen LogP contribution in [0, 0.1) is 0 Å². The molecule has 2 aliphatic heterocycles. The molecule has 0 aromatic carbocycles. The average Bonchev–Trinajstić information content (AvgIpc) is 2.47. The van der Waals surface area contributed by atoms with Gasteiger partial charge in [0.05, 0.1) is 5.60 Å². The predicted octanol–water partition coefficient (Wildman–Crippen LogP) is 0.212. The number of ether oxygens (including phenoxy) is 2. The zero-order valence-electron chi connectivity index (χ0n) is 12.8. The summed E-state index contributed by atoms with van der Waals surface area (Å²) in [6.45, 7) is 3.15. The van der Waals surface area contributed by atoms with Crippen LogP contribution in [0.4, 0.5) is 5.82 Å². The second-order valence-electron chi connectivity index (χ2n) is 6.15.